The largest absolute Gasteiger partial charge is 0.481 e. The fourth-order valence-electron chi connectivity index (χ4n) is 14.1. The van der Waals surface area contributed by atoms with Crippen LogP contribution < -0.4 is 5.73 Å². The van der Waals surface area contributed by atoms with Gasteiger partial charge in [0.05, 0.1) is 11.8 Å². The Morgan fingerprint density at radius 3 is 2.21 bits per heavy atom. The van der Waals surface area contributed by atoms with Crippen LogP contribution in [0.2, 0.25) is 0 Å². The first-order valence-corrected chi connectivity index (χ1v) is 19.7. The zero-order valence-electron chi connectivity index (χ0n) is 31.8. The average molecular weight is 669 g/mol. The molecule has 6 rings (SSSR count). The van der Waals surface area contributed by atoms with Gasteiger partial charge in [-0.3, -0.25) is 14.4 Å². The molecule has 1 aliphatic heterocycles. The molecule has 272 valence electrons. The number of carboxylic acids is 1. The molecule has 1 amide bonds. The molecule has 1 saturated heterocycles. The van der Waals surface area contributed by atoms with Gasteiger partial charge in [-0.1, -0.05) is 48.5 Å². The number of esters is 1. The lowest BCUT2D eigenvalue weighted by Crippen LogP contribution is -2.67. The Morgan fingerprint density at radius 2 is 1.58 bits per heavy atom. The molecule has 6 aliphatic rings. The van der Waals surface area contributed by atoms with E-state index in [-0.39, 0.29) is 51.6 Å². The predicted molar refractivity (Wildman–Crippen MR) is 189 cm³/mol. The smallest absolute Gasteiger partial charge is 0.309 e. The number of carboxylic acid groups (broad SMARTS) is 1. The molecule has 5 saturated carbocycles. The fourth-order valence-corrected chi connectivity index (χ4v) is 14.1. The molecule has 3 N–H and O–H groups in total. The van der Waals surface area contributed by atoms with E-state index in [9.17, 15) is 19.5 Å². The monoisotopic (exact) mass is 669 g/mol. The molecule has 7 heteroatoms. The number of amides is 1. The van der Waals surface area contributed by atoms with E-state index < -0.39 is 11.4 Å². The maximum atomic E-state index is 13.9. The number of nitrogens with zero attached hydrogens (tertiary/aromatic N) is 1. The van der Waals surface area contributed by atoms with Crippen LogP contribution in [0.4, 0.5) is 0 Å². The van der Waals surface area contributed by atoms with E-state index in [0.717, 1.165) is 45.2 Å². The minimum absolute atomic E-state index is 0.103. The molecule has 6 fully saturated rings. The summed E-state index contributed by atoms with van der Waals surface area (Å²) in [7, 11) is 0. The molecule has 1 heterocycles. The molecular weight excluding hydrogens is 600 g/mol. The first-order valence-electron chi connectivity index (χ1n) is 19.7. The SMILES string of the molecule is CC(C)C1CC[C@]2(CC(=O)N3CC[C@@H](N)C3)CC[C@]3(C)[C@H](CC[C@@H]4[C@@]5(C)CC[C@H](OC(=O)CC(C)(C)C(=O)O)C(C)(C)[C@@H]5CC[C@]43C)[C@@H]12. The van der Waals surface area contributed by atoms with Crippen molar-refractivity contribution in [3.63, 3.8) is 0 Å². The topological polar surface area (TPSA) is 110 Å². The van der Waals surface area contributed by atoms with E-state index in [1.54, 1.807) is 13.8 Å². The van der Waals surface area contributed by atoms with E-state index in [2.05, 4.69) is 53.4 Å². The predicted octanol–water partition coefficient (Wildman–Crippen LogP) is 8.09. The number of aliphatic carboxylic acids is 1. The molecule has 0 aromatic rings. The first-order chi connectivity index (χ1) is 22.2. The van der Waals surface area contributed by atoms with E-state index in [1.165, 1.54) is 44.9 Å². The highest BCUT2D eigenvalue weighted by molar-refractivity contribution is 5.81. The van der Waals surface area contributed by atoms with Crippen LogP contribution in [0.15, 0.2) is 0 Å². The van der Waals surface area contributed by atoms with Gasteiger partial charge in [0.25, 0.3) is 0 Å². The molecule has 0 aromatic carbocycles. The van der Waals surface area contributed by atoms with Gasteiger partial charge in [-0.2, -0.15) is 0 Å². The van der Waals surface area contributed by atoms with E-state index >= 15 is 0 Å². The van der Waals surface area contributed by atoms with Gasteiger partial charge in [-0.25, -0.2) is 0 Å². The second kappa shape index (κ2) is 12.0. The van der Waals surface area contributed by atoms with Crippen molar-refractivity contribution in [2.24, 2.45) is 73.7 Å². The van der Waals surface area contributed by atoms with Crippen LogP contribution in [-0.2, 0) is 19.1 Å². The number of carbonyl (C=O) groups excluding carboxylic acids is 2. The molecule has 7 nitrogen and oxygen atoms in total. The molecule has 0 aromatic heterocycles. The highest BCUT2D eigenvalue weighted by atomic mass is 16.5. The Balaban J connectivity index is 1.25. The number of ether oxygens (including phenoxy) is 1. The standard InChI is InChI=1S/C41H68N2O5/c1-25(2)27-12-18-41(22-32(44)43-21-15-26(42)24-43)20-19-39(8)28(34(27)41)10-11-30-38(7)16-14-31(48-33(45)23-36(3,4)35(46)47)37(5,6)29(38)13-17-40(30,39)9/h25-31,34H,10-24,42H2,1-9H3,(H,46,47)/t26-,27?,28-,29+,30-,31+,34-,38+,39-,40-,41-/m1/s1. The van der Waals surface area contributed by atoms with Crippen LogP contribution in [0.3, 0.4) is 0 Å². The molecule has 1 unspecified atom stereocenters. The summed E-state index contributed by atoms with van der Waals surface area (Å²) < 4.78 is 6.18. The Kier molecular flexibility index (Phi) is 9.02. The number of carbonyl (C=O) groups is 3. The third-order valence-corrected chi connectivity index (χ3v) is 17.0. The maximum Gasteiger partial charge on any atom is 0.309 e. The third kappa shape index (κ3) is 5.40. The Bertz CT molecular complexity index is 1290. The summed E-state index contributed by atoms with van der Waals surface area (Å²) in [5.74, 6) is 2.66. The summed E-state index contributed by atoms with van der Waals surface area (Å²) in [5.41, 5.74) is 5.70. The first kappa shape index (κ1) is 36.2. The molecule has 11 atom stereocenters. The van der Waals surface area contributed by atoms with Crippen LogP contribution in [0.25, 0.3) is 0 Å². The van der Waals surface area contributed by atoms with E-state index in [4.69, 9.17) is 10.5 Å². The highest BCUT2D eigenvalue weighted by Crippen LogP contribution is 2.78. The van der Waals surface area contributed by atoms with E-state index in [0.29, 0.717) is 41.4 Å². The highest BCUT2D eigenvalue weighted by Gasteiger charge is 2.71. The molecule has 48 heavy (non-hydrogen) atoms. The van der Waals surface area contributed by atoms with Crippen LogP contribution in [0.5, 0.6) is 0 Å². The summed E-state index contributed by atoms with van der Waals surface area (Å²) in [6, 6.07) is 0.131. The maximum absolute atomic E-state index is 13.9. The number of nitrogens with two attached hydrogens (primary N) is 1. The molecule has 0 radical (unpaired) electrons. The van der Waals surface area contributed by atoms with Gasteiger partial charge in [0, 0.05) is 31.0 Å². The molecule has 0 bridgehead atoms. The zero-order valence-corrected chi connectivity index (χ0v) is 31.8. The van der Waals surface area contributed by atoms with Crippen molar-refractivity contribution in [2.75, 3.05) is 13.1 Å². The zero-order chi connectivity index (χ0) is 35.2. The average Bonchev–Trinajstić information content (AvgIpc) is 3.59. The van der Waals surface area contributed by atoms with Crippen molar-refractivity contribution in [1.82, 2.24) is 4.90 Å². The van der Waals surface area contributed by atoms with E-state index in [1.807, 2.05) is 0 Å². The lowest BCUT2D eigenvalue weighted by atomic mass is 9.32. The third-order valence-electron chi connectivity index (χ3n) is 17.0. The summed E-state index contributed by atoms with van der Waals surface area (Å²) in [5, 5.41) is 9.59. The van der Waals surface area contributed by atoms with Crippen LogP contribution >= 0.6 is 0 Å². The van der Waals surface area contributed by atoms with Gasteiger partial charge in [0.2, 0.25) is 5.91 Å². The molecular formula is C41H68N2O5. The lowest BCUT2D eigenvalue weighted by molar-refractivity contribution is -0.252. The van der Waals surface area contributed by atoms with Crippen molar-refractivity contribution in [3.05, 3.63) is 0 Å². The van der Waals surface area contributed by atoms with Gasteiger partial charge < -0.3 is 20.5 Å². The minimum atomic E-state index is -1.13. The Hall–Kier alpha value is -1.63. The van der Waals surface area contributed by atoms with Crippen LogP contribution in [0, 0.1) is 68.0 Å². The quantitative estimate of drug-likeness (QED) is 0.266. The van der Waals surface area contributed by atoms with Crippen molar-refractivity contribution in [1.29, 1.82) is 0 Å². The van der Waals surface area contributed by atoms with Gasteiger partial charge in [-0.15, -0.1) is 0 Å². The summed E-state index contributed by atoms with van der Waals surface area (Å²) >= 11 is 0. The van der Waals surface area contributed by atoms with Crippen LogP contribution in [-0.4, -0.2) is 53.1 Å². The number of likely N-dealkylation sites (tertiary alicyclic amines) is 1. The van der Waals surface area contributed by atoms with Crippen molar-refractivity contribution >= 4 is 17.8 Å². The van der Waals surface area contributed by atoms with Gasteiger partial charge in [0.1, 0.15) is 6.10 Å². The van der Waals surface area contributed by atoms with Gasteiger partial charge in [0.15, 0.2) is 0 Å². The molecule has 5 aliphatic carbocycles. The number of hydrogen-bond donors (Lipinski definition) is 2. The minimum Gasteiger partial charge on any atom is -0.481 e. The number of rotatable bonds is 7. The van der Waals surface area contributed by atoms with Gasteiger partial charge in [-0.05, 0) is 142 Å². The summed E-state index contributed by atoms with van der Waals surface area (Å²) in [6.45, 7) is 22.2. The van der Waals surface area contributed by atoms with Crippen molar-refractivity contribution < 1.29 is 24.2 Å². The molecule has 0 spiro atoms. The van der Waals surface area contributed by atoms with Crippen LogP contribution in [0.1, 0.15) is 146 Å². The summed E-state index contributed by atoms with van der Waals surface area (Å²) in [6.07, 6.45) is 13.0. The van der Waals surface area contributed by atoms with Gasteiger partial charge >= 0.3 is 11.9 Å². The second-order valence-corrected chi connectivity index (χ2v) is 20.3. The Labute approximate surface area is 291 Å². The Morgan fingerprint density at radius 1 is 0.875 bits per heavy atom. The summed E-state index contributed by atoms with van der Waals surface area (Å²) in [4.78, 5) is 40.7. The lowest BCUT2D eigenvalue weighted by Gasteiger charge is -2.73. The number of hydrogen-bond acceptors (Lipinski definition) is 5. The number of fused-ring (bicyclic) bond motifs is 7. The normalized spacial score (nSPS) is 45.1. The second-order valence-electron chi connectivity index (χ2n) is 20.3. The van der Waals surface area contributed by atoms with Crippen molar-refractivity contribution in [3.8, 4) is 0 Å². The van der Waals surface area contributed by atoms with Crippen molar-refractivity contribution in [2.45, 2.75) is 158 Å². The fraction of sp³-hybridized carbons (Fsp3) is 0.927.